The van der Waals surface area contributed by atoms with Crippen LogP contribution in [0.25, 0.3) is 0 Å². The number of hydrogen-bond acceptors (Lipinski definition) is 6. The molecule has 0 saturated heterocycles. The minimum Gasteiger partial charge on any atom is -0.456 e. The van der Waals surface area contributed by atoms with Crippen LogP contribution in [0, 0.1) is 0 Å². The summed E-state index contributed by atoms with van der Waals surface area (Å²) in [4.78, 5) is 37.9. The fourth-order valence-corrected chi connectivity index (χ4v) is 11.2. The number of phosphoric ester groups is 1. The van der Waals surface area contributed by atoms with Crippen molar-refractivity contribution in [2.45, 2.75) is 354 Å². The van der Waals surface area contributed by atoms with E-state index in [9.17, 15) is 19.0 Å². The van der Waals surface area contributed by atoms with Crippen LogP contribution in [0.3, 0.4) is 0 Å². The summed E-state index contributed by atoms with van der Waals surface area (Å²) in [5.41, 5.74) is 0. The third-order valence-electron chi connectivity index (χ3n) is 16.1. The first-order chi connectivity index (χ1) is 41.4. The Kier molecular flexibility index (Phi) is 62.5. The number of esters is 1. The number of nitrogens with one attached hydrogen (secondary N) is 1. The highest BCUT2D eigenvalue weighted by molar-refractivity contribution is 7.47. The zero-order chi connectivity index (χ0) is 62.1. The van der Waals surface area contributed by atoms with Crippen LogP contribution < -0.4 is 5.32 Å². The standard InChI is InChI=1S/C75H139N2O7P/c1-7-10-13-16-19-22-25-28-30-32-34-36-38-40-42-44-46-49-52-55-58-61-64-67-74(78)76-72(71-83-85(80,81)82-70-69-77(4,5)6)73(66-63-60-57-54-51-48-27-24-21-18-15-12-9-3)84-75(79)68-65-62-59-56-53-50-47-45-43-41-39-37-35-33-31-29-26-23-20-17-14-11-8-2/h20,23,28-31,35,37,41,43,63,66,72-73H,7-19,21-22,24-27,32-34,36,38-40,42,44-62,64-65,67-71H2,1-6H3,(H-,76,78,80,81)/p+1/b23-20-,30-28+,31-29-,37-35-,43-41-,66-63+. The number of hydrogen-bond donors (Lipinski definition) is 2. The van der Waals surface area contributed by atoms with Crippen molar-refractivity contribution >= 4 is 19.7 Å². The van der Waals surface area contributed by atoms with E-state index in [2.05, 4.69) is 86.8 Å². The van der Waals surface area contributed by atoms with Gasteiger partial charge in [-0.2, -0.15) is 0 Å². The fraction of sp³-hybridized carbons (Fsp3) is 0.813. The predicted molar refractivity (Wildman–Crippen MR) is 369 cm³/mol. The topological polar surface area (TPSA) is 111 Å². The molecule has 0 heterocycles. The maximum Gasteiger partial charge on any atom is 0.472 e. The number of nitrogens with zero attached hydrogens (tertiary/aromatic N) is 1. The highest BCUT2D eigenvalue weighted by Gasteiger charge is 2.30. The van der Waals surface area contributed by atoms with Gasteiger partial charge in [0.1, 0.15) is 19.3 Å². The summed E-state index contributed by atoms with van der Waals surface area (Å²) < 4.78 is 30.9. The van der Waals surface area contributed by atoms with E-state index >= 15 is 0 Å². The molecular formula is C75H140N2O7P+. The molecule has 0 aliphatic rings. The van der Waals surface area contributed by atoms with Gasteiger partial charge in [0.15, 0.2) is 0 Å². The number of carbonyl (C=O) groups excluding carboxylic acids is 2. The number of carbonyl (C=O) groups is 2. The second-order valence-electron chi connectivity index (χ2n) is 25.8. The minimum atomic E-state index is -4.46. The molecular weight excluding hydrogens is 1070 g/mol. The van der Waals surface area contributed by atoms with Gasteiger partial charge in [-0.1, -0.05) is 299 Å². The predicted octanol–water partition coefficient (Wildman–Crippen LogP) is 23.1. The molecule has 496 valence electrons. The molecule has 0 aromatic rings. The summed E-state index contributed by atoms with van der Waals surface area (Å²) in [5.74, 6) is -0.507. The second kappa shape index (κ2) is 64.4. The first-order valence-electron chi connectivity index (χ1n) is 36.3. The molecule has 0 aliphatic carbocycles. The SMILES string of the molecule is CCCCC/C=C\C/C=C\C/C=C\C/C=C\CCCCCCCCCC(=O)OC(/C=C/CCCCCCCCCCCCC)C(COP(=O)(O)OCC[N+](C)(C)C)NC(=O)CCCCCCCCCCCCCCC/C=C/CCCCCCCC. The van der Waals surface area contributed by atoms with Crippen LogP contribution in [-0.2, 0) is 27.9 Å². The number of ether oxygens (including phenoxy) is 1. The van der Waals surface area contributed by atoms with Crippen LogP contribution in [0.5, 0.6) is 0 Å². The Hall–Kier alpha value is -2.55. The highest BCUT2D eigenvalue weighted by Crippen LogP contribution is 2.43. The molecule has 85 heavy (non-hydrogen) atoms. The van der Waals surface area contributed by atoms with Crippen LogP contribution in [0.15, 0.2) is 72.9 Å². The van der Waals surface area contributed by atoms with Crippen molar-refractivity contribution in [1.29, 1.82) is 0 Å². The van der Waals surface area contributed by atoms with E-state index in [0.717, 1.165) is 89.9 Å². The Balaban J connectivity index is 5.12. The third-order valence-corrected chi connectivity index (χ3v) is 17.1. The number of amides is 1. The molecule has 3 atom stereocenters. The Morgan fingerprint density at radius 2 is 0.718 bits per heavy atom. The molecule has 0 bridgehead atoms. The van der Waals surface area contributed by atoms with Gasteiger partial charge in [0.2, 0.25) is 5.91 Å². The normalized spacial score (nSPS) is 13.9. The van der Waals surface area contributed by atoms with Crippen molar-refractivity contribution in [3.8, 4) is 0 Å². The molecule has 9 nitrogen and oxygen atoms in total. The highest BCUT2D eigenvalue weighted by atomic mass is 31.2. The average molecular weight is 1210 g/mol. The monoisotopic (exact) mass is 1210 g/mol. The molecule has 0 radical (unpaired) electrons. The van der Waals surface area contributed by atoms with Crippen LogP contribution >= 0.6 is 7.82 Å². The molecule has 0 rings (SSSR count). The molecule has 2 N–H and O–H groups in total. The van der Waals surface area contributed by atoms with E-state index in [1.165, 1.54) is 218 Å². The summed E-state index contributed by atoms with van der Waals surface area (Å²) >= 11 is 0. The smallest absolute Gasteiger partial charge is 0.456 e. The Labute approximate surface area is 527 Å². The molecule has 0 aromatic heterocycles. The second-order valence-corrected chi connectivity index (χ2v) is 27.2. The summed E-state index contributed by atoms with van der Waals surface area (Å²) in [6.45, 7) is 7.01. The van der Waals surface area contributed by atoms with Crippen LogP contribution in [0.2, 0.25) is 0 Å². The molecule has 0 saturated carbocycles. The number of likely N-dealkylation sites (N-methyl/N-ethyl adjacent to an activating group) is 1. The fourth-order valence-electron chi connectivity index (χ4n) is 10.5. The van der Waals surface area contributed by atoms with Crippen molar-refractivity contribution in [3.63, 3.8) is 0 Å². The van der Waals surface area contributed by atoms with Crippen molar-refractivity contribution in [1.82, 2.24) is 5.32 Å². The third kappa shape index (κ3) is 65.7. The van der Waals surface area contributed by atoms with E-state index in [0.29, 0.717) is 17.4 Å². The maximum absolute atomic E-state index is 13.6. The van der Waals surface area contributed by atoms with E-state index in [4.69, 9.17) is 13.8 Å². The van der Waals surface area contributed by atoms with E-state index in [1.807, 2.05) is 33.3 Å². The zero-order valence-corrected chi connectivity index (χ0v) is 57.7. The molecule has 1 amide bonds. The number of phosphoric acid groups is 1. The lowest BCUT2D eigenvalue weighted by molar-refractivity contribution is -0.870. The van der Waals surface area contributed by atoms with Gasteiger partial charge in [-0.25, -0.2) is 4.57 Å². The molecule has 0 spiro atoms. The lowest BCUT2D eigenvalue weighted by atomic mass is 10.0. The Morgan fingerprint density at radius 1 is 0.412 bits per heavy atom. The van der Waals surface area contributed by atoms with E-state index < -0.39 is 20.0 Å². The van der Waals surface area contributed by atoms with Gasteiger partial charge < -0.3 is 19.4 Å². The van der Waals surface area contributed by atoms with Crippen molar-refractivity contribution in [2.75, 3.05) is 40.9 Å². The first-order valence-corrected chi connectivity index (χ1v) is 37.8. The van der Waals surface area contributed by atoms with Gasteiger partial charge in [-0.3, -0.25) is 18.6 Å². The Bertz CT molecular complexity index is 1680. The van der Waals surface area contributed by atoms with E-state index in [1.54, 1.807) is 0 Å². The molecule has 3 unspecified atom stereocenters. The van der Waals surface area contributed by atoms with Crippen LogP contribution in [0.1, 0.15) is 342 Å². The minimum absolute atomic E-state index is 0.0373. The lowest BCUT2D eigenvalue weighted by Crippen LogP contribution is -2.47. The summed E-state index contributed by atoms with van der Waals surface area (Å²) in [5, 5.41) is 3.07. The summed E-state index contributed by atoms with van der Waals surface area (Å²) in [7, 11) is 1.49. The van der Waals surface area contributed by atoms with Gasteiger partial charge in [0, 0.05) is 12.8 Å². The molecule has 0 fully saturated rings. The maximum atomic E-state index is 13.6. The molecule has 0 aromatic carbocycles. The van der Waals surface area contributed by atoms with Gasteiger partial charge in [0.25, 0.3) is 0 Å². The number of allylic oxidation sites excluding steroid dienone is 11. The van der Waals surface area contributed by atoms with Crippen molar-refractivity contribution in [3.05, 3.63) is 72.9 Å². The first kappa shape index (κ1) is 82.5. The number of rotatable bonds is 66. The largest absolute Gasteiger partial charge is 0.472 e. The van der Waals surface area contributed by atoms with E-state index in [-0.39, 0.29) is 31.5 Å². The average Bonchev–Trinajstić information content (AvgIpc) is 3.52. The van der Waals surface area contributed by atoms with Gasteiger partial charge >= 0.3 is 13.8 Å². The van der Waals surface area contributed by atoms with Gasteiger partial charge in [-0.05, 0) is 102 Å². The van der Waals surface area contributed by atoms with Crippen LogP contribution in [0.4, 0.5) is 0 Å². The lowest BCUT2D eigenvalue weighted by Gasteiger charge is -2.27. The molecule has 0 aliphatic heterocycles. The molecule has 10 heteroatoms. The summed E-state index contributed by atoms with van der Waals surface area (Å²) in [6, 6.07) is -0.856. The van der Waals surface area contributed by atoms with Crippen molar-refractivity contribution in [2.24, 2.45) is 0 Å². The quantitative estimate of drug-likeness (QED) is 0.0205. The van der Waals surface area contributed by atoms with Crippen LogP contribution in [-0.4, -0.2) is 74.3 Å². The van der Waals surface area contributed by atoms with Crippen molar-refractivity contribution < 1.29 is 37.3 Å². The number of unbranched alkanes of at least 4 members (excludes halogenated alkanes) is 40. The Morgan fingerprint density at radius 3 is 1.11 bits per heavy atom. The number of quaternary nitrogens is 1. The van der Waals surface area contributed by atoms with Gasteiger partial charge in [0.05, 0.1) is 33.8 Å². The zero-order valence-electron chi connectivity index (χ0n) is 56.9. The summed E-state index contributed by atoms with van der Waals surface area (Å²) in [6.07, 6.45) is 84.8. The van der Waals surface area contributed by atoms with Gasteiger partial charge in [-0.15, -0.1) is 0 Å².